The number of thioether (sulfide) groups is 1. The molecule has 0 saturated carbocycles. The van der Waals surface area contributed by atoms with Gasteiger partial charge >= 0.3 is 0 Å². The molecule has 4 nitrogen and oxygen atoms in total. The maximum atomic E-state index is 12.0. The first-order valence-corrected chi connectivity index (χ1v) is 7.79. The van der Waals surface area contributed by atoms with Crippen LogP contribution in [0.2, 0.25) is 0 Å². The molecule has 2 rings (SSSR count). The highest BCUT2D eigenvalue weighted by molar-refractivity contribution is 7.99. The third kappa shape index (κ3) is 3.86. The fourth-order valence-electron chi connectivity index (χ4n) is 2.43. The lowest BCUT2D eigenvalue weighted by Crippen LogP contribution is -2.53. The van der Waals surface area contributed by atoms with Crippen LogP contribution in [0.3, 0.4) is 0 Å². The van der Waals surface area contributed by atoms with Gasteiger partial charge < -0.3 is 15.5 Å². The van der Waals surface area contributed by atoms with E-state index >= 15 is 0 Å². The zero-order valence-corrected chi connectivity index (χ0v) is 11.4. The molecule has 17 heavy (non-hydrogen) atoms. The van der Waals surface area contributed by atoms with E-state index in [9.17, 15) is 4.79 Å². The Morgan fingerprint density at radius 2 is 2.24 bits per heavy atom. The monoisotopic (exact) mass is 257 g/mol. The lowest BCUT2D eigenvalue weighted by Gasteiger charge is -2.32. The highest BCUT2D eigenvalue weighted by Gasteiger charge is 2.25. The van der Waals surface area contributed by atoms with Gasteiger partial charge in [0.15, 0.2) is 0 Å². The molecule has 98 valence electrons. The van der Waals surface area contributed by atoms with Crippen molar-refractivity contribution in [3.05, 3.63) is 0 Å². The van der Waals surface area contributed by atoms with Crippen LogP contribution in [-0.4, -0.2) is 60.6 Å². The molecule has 2 saturated heterocycles. The van der Waals surface area contributed by atoms with Crippen molar-refractivity contribution >= 4 is 17.7 Å². The number of piperidine rings is 1. The lowest BCUT2D eigenvalue weighted by molar-refractivity contribution is -0.123. The number of nitrogens with one attached hydrogen (secondary N) is 2. The van der Waals surface area contributed by atoms with Gasteiger partial charge in [-0.3, -0.25) is 4.79 Å². The summed E-state index contributed by atoms with van der Waals surface area (Å²) in [6.45, 7) is 6.52. The van der Waals surface area contributed by atoms with Gasteiger partial charge in [-0.1, -0.05) is 6.92 Å². The van der Waals surface area contributed by atoms with E-state index in [-0.39, 0.29) is 11.9 Å². The Morgan fingerprint density at radius 3 is 2.82 bits per heavy atom. The second-order valence-corrected chi connectivity index (χ2v) is 5.95. The first kappa shape index (κ1) is 13.2. The number of carbonyl (C=O) groups excluding carboxylic acids is 1. The Labute approximate surface area is 108 Å². The van der Waals surface area contributed by atoms with Gasteiger partial charge in [0.2, 0.25) is 5.91 Å². The summed E-state index contributed by atoms with van der Waals surface area (Å²) < 4.78 is 0. The Kier molecular flexibility index (Phi) is 5.13. The Balaban J connectivity index is 1.71. The van der Waals surface area contributed by atoms with Gasteiger partial charge in [-0.25, -0.2) is 0 Å². The number of hydrogen-bond acceptors (Lipinski definition) is 4. The number of hydrogen-bond donors (Lipinski definition) is 2. The Hall–Kier alpha value is -0.260. The molecule has 1 amide bonds. The SMILES string of the molecule is CCN1CCC(NC(=O)C2CSCCN2)CC1. The summed E-state index contributed by atoms with van der Waals surface area (Å²) in [5.41, 5.74) is 0. The summed E-state index contributed by atoms with van der Waals surface area (Å²) in [4.78, 5) is 14.5. The summed E-state index contributed by atoms with van der Waals surface area (Å²) in [6, 6.07) is 0.414. The Morgan fingerprint density at radius 1 is 1.47 bits per heavy atom. The van der Waals surface area contributed by atoms with Gasteiger partial charge in [-0.15, -0.1) is 0 Å². The van der Waals surface area contributed by atoms with Crippen molar-refractivity contribution in [2.24, 2.45) is 0 Å². The molecule has 2 N–H and O–H groups in total. The van der Waals surface area contributed by atoms with Crippen LogP contribution < -0.4 is 10.6 Å². The van der Waals surface area contributed by atoms with E-state index in [2.05, 4.69) is 22.5 Å². The van der Waals surface area contributed by atoms with Crippen LogP contribution in [-0.2, 0) is 4.79 Å². The molecule has 1 atom stereocenters. The van der Waals surface area contributed by atoms with Crippen molar-refractivity contribution in [1.29, 1.82) is 0 Å². The van der Waals surface area contributed by atoms with Gasteiger partial charge in [-0.2, -0.15) is 11.8 Å². The quantitative estimate of drug-likeness (QED) is 0.763. The summed E-state index contributed by atoms with van der Waals surface area (Å²) in [6.07, 6.45) is 2.19. The van der Waals surface area contributed by atoms with Crippen molar-refractivity contribution in [3.8, 4) is 0 Å². The maximum absolute atomic E-state index is 12.0. The van der Waals surface area contributed by atoms with Crippen molar-refractivity contribution in [2.75, 3.05) is 37.7 Å². The number of amides is 1. The average molecular weight is 257 g/mol. The van der Waals surface area contributed by atoms with Gasteiger partial charge in [-0.05, 0) is 19.4 Å². The van der Waals surface area contributed by atoms with Crippen LogP contribution in [0.15, 0.2) is 0 Å². The Bertz CT molecular complexity index is 248. The van der Waals surface area contributed by atoms with Crippen LogP contribution in [0, 0.1) is 0 Å². The van der Waals surface area contributed by atoms with E-state index in [4.69, 9.17) is 0 Å². The fraction of sp³-hybridized carbons (Fsp3) is 0.917. The van der Waals surface area contributed by atoms with E-state index in [1.54, 1.807) is 0 Å². The van der Waals surface area contributed by atoms with E-state index in [1.807, 2.05) is 11.8 Å². The van der Waals surface area contributed by atoms with Gasteiger partial charge in [0.1, 0.15) is 0 Å². The molecule has 2 aliphatic heterocycles. The minimum atomic E-state index is 0.0259. The summed E-state index contributed by atoms with van der Waals surface area (Å²) >= 11 is 1.87. The topological polar surface area (TPSA) is 44.4 Å². The normalized spacial score (nSPS) is 27.9. The van der Waals surface area contributed by atoms with Crippen LogP contribution in [0.5, 0.6) is 0 Å². The maximum Gasteiger partial charge on any atom is 0.238 e. The van der Waals surface area contributed by atoms with Crippen molar-refractivity contribution < 1.29 is 4.79 Å². The highest BCUT2D eigenvalue weighted by atomic mass is 32.2. The number of carbonyl (C=O) groups is 1. The van der Waals surface area contributed by atoms with Crippen molar-refractivity contribution in [3.63, 3.8) is 0 Å². The number of rotatable bonds is 3. The van der Waals surface area contributed by atoms with E-state index in [1.165, 1.54) is 0 Å². The summed E-state index contributed by atoms with van der Waals surface area (Å²) in [5.74, 6) is 2.24. The second-order valence-electron chi connectivity index (χ2n) is 4.80. The number of nitrogens with zero attached hydrogens (tertiary/aromatic N) is 1. The molecule has 1 unspecified atom stereocenters. The molecule has 0 radical (unpaired) electrons. The molecule has 2 aliphatic rings. The molecule has 0 aromatic heterocycles. The van der Waals surface area contributed by atoms with Gasteiger partial charge in [0.05, 0.1) is 6.04 Å². The van der Waals surface area contributed by atoms with E-state index in [0.29, 0.717) is 6.04 Å². The minimum absolute atomic E-state index is 0.0259. The molecule has 5 heteroatoms. The third-order valence-electron chi connectivity index (χ3n) is 3.62. The zero-order chi connectivity index (χ0) is 12.1. The first-order valence-electron chi connectivity index (χ1n) is 6.63. The largest absolute Gasteiger partial charge is 0.352 e. The highest BCUT2D eigenvalue weighted by Crippen LogP contribution is 2.12. The average Bonchev–Trinajstić information content (AvgIpc) is 2.40. The van der Waals surface area contributed by atoms with E-state index in [0.717, 1.165) is 50.5 Å². The predicted octanol–water partition coefficient (Wildman–Crippen LogP) is 0.292. The second kappa shape index (κ2) is 6.61. The lowest BCUT2D eigenvalue weighted by atomic mass is 10.0. The molecule has 0 aliphatic carbocycles. The first-order chi connectivity index (χ1) is 8.29. The fourth-order valence-corrected chi connectivity index (χ4v) is 3.36. The molecular formula is C12H23N3OS. The van der Waals surface area contributed by atoms with E-state index < -0.39 is 0 Å². The third-order valence-corrected chi connectivity index (χ3v) is 4.68. The zero-order valence-electron chi connectivity index (χ0n) is 10.6. The minimum Gasteiger partial charge on any atom is -0.352 e. The molecular weight excluding hydrogens is 234 g/mol. The molecule has 0 bridgehead atoms. The molecule has 0 aromatic carbocycles. The smallest absolute Gasteiger partial charge is 0.238 e. The van der Waals surface area contributed by atoms with Crippen molar-refractivity contribution in [2.45, 2.75) is 31.8 Å². The van der Waals surface area contributed by atoms with Gasteiger partial charge in [0, 0.05) is 37.2 Å². The van der Waals surface area contributed by atoms with Crippen LogP contribution in [0.1, 0.15) is 19.8 Å². The van der Waals surface area contributed by atoms with Gasteiger partial charge in [0.25, 0.3) is 0 Å². The standard InChI is InChI=1S/C12H23N3OS/c1-2-15-6-3-10(4-7-15)14-12(16)11-9-17-8-5-13-11/h10-11,13H,2-9H2,1H3,(H,14,16). The van der Waals surface area contributed by atoms with Crippen LogP contribution >= 0.6 is 11.8 Å². The van der Waals surface area contributed by atoms with Crippen molar-refractivity contribution in [1.82, 2.24) is 15.5 Å². The molecule has 0 aromatic rings. The molecule has 2 heterocycles. The molecule has 2 fully saturated rings. The van der Waals surface area contributed by atoms with Crippen LogP contribution in [0.25, 0.3) is 0 Å². The number of likely N-dealkylation sites (tertiary alicyclic amines) is 1. The predicted molar refractivity (Wildman–Crippen MR) is 72.4 cm³/mol. The van der Waals surface area contributed by atoms with Crippen LogP contribution in [0.4, 0.5) is 0 Å². The summed E-state index contributed by atoms with van der Waals surface area (Å²) in [5, 5.41) is 6.48. The summed E-state index contributed by atoms with van der Waals surface area (Å²) in [7, 11) is 0. The molecule has 0 spiro atoms.